The Balaban J connectivity index is -0.000000240. The second kappa shape index (κ2) is 53.3. The van der Waals surface area contributed by atoms with Crippen LogP contribution in [-0.2, 0) is 28.8 Å². The number of unbranched alkanes of at least 4 members (excludes halogenated alkanes) is 10. The molecule has 20 heteroatoms. The Morgan fingerprint density at radius 2 is 0.530 bits per heavy atom. The van der Waals surface area contributed by atoms with Crippen LogP contribution >= 0.6 is 75.8 Å². The molecule has 0 rings (SSSR count). The van der Waals surface area contributed by atoms with Crippen molar-refractivity contribution in [2.45, 2.75) is 196 Å². The molecule has 0 aliphatic carbocycles. The Bertz CT molecular complexity index is 1040. The van der Waals surface area contributed by atoms with Gasteiger partial charge in [0.05, 0.1) is 0 Å². The first-order valence-electron chi connectivity index (χ1n) is 23.5. The number of aliphatic carboxylic acids is 6. The quantitative estimate of drug-likeness (QED) is 0.0294. The third-order valence-electron chi connectivity index (χ3n) is 11.0. The van der Waals surface area contributed by atoms with Crippen LogP contribution in [0.5, 0.6) is 0 Å². The fraction of sp³-hybridized carbons (Fsp3) is 0.870. The summed E-state index contributed by atoms with van der Waals surface area (Å²) in [4.78, 5) is 64.2. The van der Waals surface area contributed by atoms with E-state index in [1.54, 1.807) is 45.0 Å². The van der Waals surface area contributed by atoms with Crippen LogP contribution < -0.4 is 30.6 Å². The van der Waals surface area contributed by atoms with Gasteiger partial charge in [0.25, 0.3) is 0 Å². The molecule has 0 N–H and O–H groups in total. The SMILES string of the molecule is CCCCCCC[CH2][Sn+3].CCCCCCC[CH2][Sn+3].O=C([O-])CCCC(CCS)(CCS)C(=O)[O-].O=C([O-])CCCC(CCS)(CCS)C(=O)[O-].O=C([O-])CCCC(CCS)(CCS)C(=O)[O-]. The monoisotopic (exact) mass is 1260 g/mol. The van der Waals surface area contributed by atoms with Crippen molar-refractivity contribution in [1.82, 2.24) is 0 Å². The zero-order chi connectivity index (χ0) is 51.7. The van der Waals surface area contributed by atoms with Crippen LogP contribution in [0.2, 0.25) is 8.87 Å². The minimum atomic E-state index is -1.16. The summed E-state index contributed by atoms with van der Waals surface area (Å²) in [5.74, 6) is -4.38. The number of carboxylic acids is 6. The van der Waals surface area contributed by atoms with Crippen molar-refractivity contribution in [3.63, 3.8) is 0 Å². The smallest absolute Gasteiger partial charge is 0.0476 e. The molecule has 66 heavy (non-hydrogen) atoms. The molecule has 0 bridgehead atoms. The van der Waals surface area contributed by atoms with Gasteiger partial charge in [-0.2, -0.15) is 75.8 Å². The molecule has 0 aromatic rings. The Morgan fingerprint density at radius 3 is 0.682 bits per heavy atom. The molecule has 12 nitrogen and oxygen atoms in total. The molecule has 0 radical (unpaired) electrons. The topological polar surface area (TPSA) is 241 Å². The van der Waals surface area contributed by atoms with Gasteiger partial charge in [-0.25, -0.2) is 0 Å². The van der Waals surface area contributed by atoms with Crippen LogP contribution in [0.4, 0.5) is 0 Å². The predicted molar refractivity (Wildman–Crippen MR) is 278 cm³/mol. The number of thiol groups is 6. The average molecular weight is 1260 g/mol. The number of carboxylic acid groups (broad SMARTS) is 6. The molecule has 0 unspecified atom stereocenters. The molecule has 0 heterocycles. The van der Waals surface area contributed by atoms with Crippen molar-refractivity contribution >= 4 is 157 Å². The van der Waals surface area contributed by atoms with E-state index in [1.807, 2.05) is 0 Å². The van der Waals surface area contributed by atoms with Gasteiger partial charge in [-0.1, -0.05) is 0 Å². The van der Waals surface area contributed by atoms with Crippen molar-refractivity contribution in [1.29, 1.82) is 0 Å². The van der Waals surface area contributed by atoms with E-state index in [2.05, 4.69) is 89.6 Å². The molecule has 382 valence electrons. The van der Waals surface area contributed by atoms with Gasteiger partial charge in [0.1, 0.15) is 0 Å². The molecule has 0 spiro atoms. The van der Waals surface area contributed by atoms with Crippen LogP contribution in [-0.4, -0.2) is 115 Å². The number of rotatable bonds is 39. The first-order chi connectivity index (χ1) is 31.3. The Labute approximate surface area is 458 Å². The second-order valence-electron chi connectivity index (χ2n) is 16.3. The zero-order valence-electron chi connectivity index (χ0n) is 39.8. The van der Waals surface area contributed by atoms with Crippen molar-refractivity contribution in [2.24, 2.45) is 16.2 Å². The third kappa shape index (κ3) is 45.6. The van der Waals surface area contributed by atoms with Crippen molar-refractivity contribution < 1.29 is 59.4 Å². The summed E-state index contributed by atoms with van der Waals surface area (Å²) < 4.78 is 2.91. The van der Waals surface area contributed by atoms with E-state index in [0.717, 1.165) is 0 Å². The molecule has 0 amide bonds. The Morgan fingerprint density at radius 1 is 0.333 bits per heavy atom. The van der Waals surface area contributed by atoms with Gasteiger partial charge >= 0.3 is 145 Å². The van der Waals surface area contributed by atoms with Gasteiger partial charge in [-0.05, 0) is 131 Å². The first-order valence-corrected chi connectivity index (χ1v) is 31.3. The van der Waals surface area contributed by atoms with Crippen LogP contribution in [0, 0.1) is 16.2 Å². The third-order valence-corrected chi connectivity index (χ3v) is 14.4. The summed E-state index contributed by atoms with van der Waals surface area (Å²) in [7, 11) is 0. The normalized spacial score (nSPS) is 11.0. The molecule has 0 aliphatic heterocycles. The molecule has 0 atom stereocenters. The second-order valence-corrected chi connectivity index (χ2v) is 21.8. The molecular formula is C46H82O12S6Sn2. The summed E-state index contributed by atoms with van der Waals surface area (Å²) in [6.07, 6.45) is 20.9. The predicted octanol–water partition coefficient (Wildman–Crippen LogP) is 3.72. The standard InChI is InChI=1S/3C10H18O4S2.2C8H17.2Sn/c3*11-8(12)2-1-3-10(4-6-15,5-7-16)9(13)14;2*1-3-5-7-8-6-4-2;;/h3*15-16H,1-7H2,(H,11,12)(H,13,14);2*1,3-8H2,2H3;;/q;;;;;2*+3/p-6. The van der Waals surface area contributed by atoms with E-state index in [1.165, 1.54) is 85.9 Å². The summed E-state index contributed by atoms with van der Waals surface area (Å²) in [5, 5.41) is 64.2. The number of carbonyl (C=O) groups is 6. The minimum absolute atomic E-state index is 0.131. The Hall–Kier alpha value is 0.517. The summed E-state index contributed by atoms with van der Waals surface area (Å²) in [6.45, 7) is 4.54. The maximum absolute atomic E-state index is 11.1. The van der Waals surface area contributed by atoms with Gasteiger partial charge in [0, 0.05) is 52.1 Å². The molecule has 0 saturated heterocycles. The van der Waals surface area contributed by atoms with Crippen molar-refractivity contribution in [2.75, 3.05) is 34.5 Å². The van der Waals surface area contributed by atoms with Crippen molar-refractivity contribution in [3.05, 3.63) is 0 Å². The maximum atomic E-state index is 11.1. The van der Waals surface area contributed by atoms with E-state index in [0.29, 0.717) is 73.0 Å². The summed E-state index contributed by atoms with van der Waals surface area (Å²) in [6, 6.07) is 0. The fourth-order valence-electron chi connectivity index (χ4n) is 6.85. The van der Waals surface area contributed by atoms with Crippen LogP contribution in [0.15, 0.2) is 0 Å². The molecule has 0 fully saturated rings. The van der Waals surface area contributed by atoms with Gasteiger partial charge < -0.3 is 59.4 Å². The molecule has 0 aromatic heterocycles. The van der Waals surface area contributed by atoms with Gasteiger partial charge in [0.2, 0.25) is 0 Å². The number of carbonyl (C=O) groups excluding carboxylic acids is 6. The van der Waals surface area contributed by atoms with Gasteiger partial charge in [-0.15, -0.1) is 0 Å². The van der Waals surface area contributed by atoms with E-state index >= 15 is 0 Å². The van der Waals surface area contributed by atoms with E-state index < -0.39 is 52.1 Å². The van der Waals surface area contributed by atoms with Crippen LogP contribution in [0.25, 0.3) is 0 Å². The van der Waals surface area contributed by atoms with Crippen LogP contribution in [0.3, 0.4) is 0 Å². The van der Waals surface area contributed by atoms with E-state index in [-0.39, 0.29) is 57.8 Å². The average Bonchev–Trinajstić information content (AvgIpc) is 3.24. The van der Waals surface area contributed by atoms with Gasteiger partial charge in [0.15, 0.2) is 0 Å². The molecule has 0 saturated carbocycles. The molecule has 0 aliphatic rings. The molecular weight excluding hydrogens is 1170 g/mol. The first kappa shape index (κ1) is 75.4. The maximum Gasteiger partial charge on any atom is 0.0476 e. The van der Waals surface area contributed by atoms with E-state index in [4.69, 9.17) is 0 Å². The van der Waals surface area contributed by atoms with Gasteiger partial charge in [-0.3, -0.25) is 0 Å². The Kier molecular flexibility index (Phi) is 61.0. The zero-order valence-corrected chi connectivity index (χ0v) is 50.9. The van der Waals surface area contributed by atoms with Crippen molar-refractivity contribution in [3.8, 4) is 0 Å². The minimum Gasteiger partial charge on any atom is -0.550 e. The summed E-state index contributed by atoms with van der Waals surface area (Å²) >= 11 is 27.5. The molecule has 0 aromatic carbocycles. The summed E-state index contributed by atoms with van der Waals surface area (Å²) in [5.41, 5.74) is -3.00. The number of hydrogen-bond donors (Lipinski definition) is 6. The largest absolute Gasteiger partial charge is 0.550 e. The van der Waals surface area contributed by atoms with E-state index in [9.17, 15) is 59.4 Å². The van der Waals surface area contributed by atoms with Crippen LogP contribution in [0.1, 0.15) is 187 Å². The number of hydrogen-bond acceptors (Lipinski definition) is 18. The fourth-order valence-corrected chi connectivity index (χ4v) is 10.8.